The monoisotopic (exact) mass is 367 g/mol. The summed E-state index contributed by atoms with van der Waals surface area (Å²) in [5.74, 6) is 0.530. The molecule has 3 N–H and O–H groups in total. The van der Waals surface area contributed by atoms with Crippen molar-refractivity contribution in [3.05, 3.63) is 41.3 Å². The first kappa shape index (κ1) is 19.1. The smallest absolute Gasteiger partial charge is 0.240 e. The van der Waals surface area contributed by atoms with Crippen molar-refractivity contribution < 1.29 is 12.8 Å². The molecular weight excluding hydrogens is 345 g/mol. The van der Waals surface area contributed by atoms with Crippen LogP contribution in [0.15, 0.2) is 29.2 Å². The molecule has 0 saturated carbocycles. The lowest BCUT2D eigenvalue weighted by Gasteiger charge is -2.11. The predicted octanol–water partition coefficient (Wildman–Crippen LogP) is 2.05. The van der Waals surface area contributed by atoms with E-state index in [0.29, 0.717) is 30.4 Å². The molecule has 1 aromatic heterocycles. The first-order valence-electron chi connectivity index (χ1n) is 7.91. The minimum Gasteiger partial charge on any atom is -0.369 e. The summed E-state index contributed by atoms with van der Waals surface area (Å²) in [5.41, 5.74) is 1.29. The highest BCUT2D eigenvalue weighted by atomic mass is 32.2. The van der Waals surface area contributed by atoms with Crippen molar-refractivity contribution in [2.24, 2.45) is 0 Å². The Morgan fingerprint density at radius 3 is 2.56 bits per heavy atom. The van der Waals surface area contributed by atoms with E-state index in [1.165, 1.54) is 12.1 Å². The second-order valence-electron chi connectivity index (χ2n) is 5.48. The molecule has 25 heavy (non-hydrogen) atoms. The van der Waals surface area contributed by atoms with E-state index in [4.69, 9.17) is 0 Å². The Morgan fingerprint density at radius 2 is 1.84 bits per heavy atom. The van der Waals surface area contributed by atoms with E-state index < -0.39 is 15.8 Å². The van der Waals surface area contributed by atoms with Crippen molar-refractivity contribution in [3.63, 3.8) is 0 Å². The van der Waals surface area contributed by atoms with Crippen molar-refractivity contribution in [2.75, 3.05) is 30.3 Å². The summed E-state index contributed by atoms with van der Waals surface area (Å²) in [6, 6.07) is 5.46. The molecule has 7 nitrogen and oxygen atoms in total. The van der Waals surface area contributed by atoms with Gasteiger partial charge in [0, 0.05) is 31.4 Å². The van der Waals surface area contributed by atoms with Gasteiger partial charge in [0.25, 0.3) is 0 Å². The number of anilines is 2. The van der Waals surface area contributed by atoms with Crippen molar-refractivity contribution >= 4 is 21.8 Å². The fourth-order valence-electron chi connectivity index (χ4n) is 2.21. The first-order chi connectivity index (χ1) is 11.8. The number of rotatable bonds is 8. The summed E-state index contributed by atoms with van der Waals surface area (Å²) in [6.45, 7) is 6.59. The number of nitrogens with one attached hydrogen (secondary N) is 3. The molecule has 1 aromatic carbocycles. The Morgan fingerprint density at radius 1 is 1.08 bits per heavy atom. The number of hydrogen-bond donors (Lipinski definition) is 3. The number of aryl methyl sites for hydroxylation is 2. The van der Waals surface area contributed by atoms with Crippen LogP contribution in [0, 0.1) is 19.7 Å². The molecule has 2 aromatic rings. The molecule has 0 bridgehead atoms. The number of aromatic nitrogens is 2. The number of halogens is 1. The Labute approximate surface area is 147 Å². The Hall–Kier alpha value is -2.26. The molecule has 0 saturated heterocycles. The highest BCUT2D eigenvalue weighted by molar-refractivity contribution is 7.89. The van der Waals surface area contributed by atoms with Crippen LogP contribution in [-0.2, 0) is 10.0 Å². The lowest BCUT2D eigenvalue weighted by molar-refractivity contribution is 0.578. The number of nitrogens with zero attached hydrogens (tertiary/aromatic N) is 2. The summed E-state index contributed by atoms with van der Waals surface area (Å²) in [5, 5.41) is 6.07. The average molecular weight is 367 g/mol. The van der Waals surface area contributed by atoms with E-state index in [-0.39, 0.29) is 11.4 Å². The second-order valence-corrected chi connectivity index (χ2v) is 7.22. The third-order valence-corrected chi connectivity index (χ3v) is 4.96. The minimum atomic E-state index is -3.77. The third kappa shape index (κ3) is 5.36. The quantitative estimate of drug-likeness (QED) is 0.618. The molecule has 0 fully saturated rings. The fraction of sp³-hybridized carbons (Fsp3) is 0.375. The lowest BCUT2D eigenvalue weighted by Crippen LogP contribution is -2.29. The van der Waals surface area contributed by atoms with Crippen LogP contribution >= 0.6 is 0 Å². The number of hydrogen-bond acceptors (Lipinski definition) is 6. The van der Waals surface area contributed by atoms with Gasteiger partial charge in [0.05, 0.1) is 4.90 Å². The van der Waals surface area contributed by atoms with Crippen molar-refractivity contribution in [2.45, 2.75) is 25.7 Å². The summed E-state index contributed by atoms with van der Waals surface area (Å²) < 4.78 is 40.3. The maximum Gasteiger partial charge on any atom is 0.240 e. The Kier molecular flexibility index (Phi) is 6.27. The van der Waals surface area contributed by atoms with Crippen LogP contribution in [0.1, 0.15) is 18.2 Å². The SMILES string of the molecule is CCNc1nc(C)cc(NCCNS(=O)(=O)c2cc(F)ccc2C)n1. The standard InChI is InChI=1S/C16H22FN5O2S/c1-4-18-16-21-12(3)9-15(22-16)19-7-8-20-25(23,24)14-10-13(17)6-5-11(14)2/h5-6,9-10,20H,4,7-8H2,1-3H3,(H2,18,19,21,22). The molecule has 0 atom stereocenters. The van der Waals surface area contributed by atoms with Gasteiger partial charge in [-0.1, -0.05) is 6.07 Å². The van der Waals surface area contributed by atoms with Crippen molar-refractivity contribution in [3.8, 4) is 0 Å². The zero-order valence-corrected chi connectivity index (χ0v) is 15.2. The van der Waals surface area contributed by atoms with Gasteiger partial charge >= 0.3 is 0 Å². The Bertz CT molecular complexity index is 842. The highest BCUT2D eigenvalue weighted by Gasteiger charge is 2.17. The summed E-state index contributed by atoms with van der Waals surface area (Å²) in [4.78, 5) is 8.46. The number of benzene rings is 1. The van der Waals surface area contributed by atoms with Gasteiger partial charge in [0.1, 0.15) is 11.6 Å². The molecule has 0 aliphatic carbocycles. The van der Waals surface area contributed by atoms with Crippen LogP contribution < -0.4 is 15.4 Å². The zero-order chi connectivity index (χ0) is 18.4. The van der Waals surface area contributed by atoms with E-state index >= 15 is 0 Å². The summed E-state index contributed by atoms with van der Waals surface area (Å²) in [7, 11) is -3.77. The predicted molar refractivity (Wildman–Crippen MR) is 95.7 cm³/mol. The topological polar surface area (TPSA) is 96.0 Å². The second kappa shape index (κ2) is 8.21. The van der Waals surface area contributed by atoms with Crippen LogP contribution in [-0.4, -0.2) is 38.0 Å². The van der Waals surface area contributed by atoms with E-state index in [1.54, 1.807) is 13.0 Å². The maximum atomic E-state index is 13.3. The largest absolute Gasteiger partial charge is 0.369 e. The minimum absolute atomic E-state index is 0.0557. The lowest BCUT2D eigenvalue weighted by atomic mass is 10.2. The van der Waals surface area contributed by atoms with Crippen LogP contribution in [0.2, 0.25) is 0 Å². The van der Waals surface area contributed by atoms with Gasteiger partial charge in [-0.3, -0.25) is 0 Å². The van der Waals surface area contributed by atoms with E-state index in [9.17, 15) is 12.8 Å². The van der Waals surface area contributed by atoms with Gasteiger partial charge in [0.2, 0.25) is 16.0 Å². The molecule has 0 aliphatic heterocycles. The van der Waals surface area contributed by atoms with Gasteiger partial charge < -0.3 is 10.6 Å². The zero-order valence-electron chi connectivity index (χ0n) is 14.4. The molecule has 0 radical (unpaired) electrons. The van der Waals surface area contributed by atoms with E-state index in [0.717, 1.165) is 11.8 Å². The highest BCUT2D eigenvalue weighted by Crippen LogP contribution is 2.16. The first-order valence-corrected chi connectivity index (χ1v) is 9.39. The fourth-order valence-corrected chi connectivity index (χ4v) is 3.50. The molecular formula is C16H22FN5O2S. The van der Waals surface area contributed by atoms with Gasteiger partial charge in [-0.25, -0.2) is 22.5 Å². The Balaban J connectivity index is 1.95. The molecule has 2 rings (SSSR count). The van der Waals surface area contributed by atoms with Crippen LogP contribution in [0.5, 0.6) is 0 Å². The van der Waals surface area contributed by atoms with E-state index in [2.05, 4.69) is 25.3 Å². The maximum absolute atomic E-state index is 13.3. The van der Waals surface area contributed by atoms with Crippen molar-refractivity contribution in [1.29, 1.82) is 0 Å². The number of sulfonamides is 1. The molecule has 9 heteroatoms. The van der Waals surface area contributed by atoms with Gasteiger partial charge in [-0.15, -0.1) is 0 Å². The van der Waals surface area contributed by atoms with E-state index in [1.807, 2.05) is 13.8 Å². The average Bonchev–Trinajstić information content (AvgIpc) is 2.54. The van der Waals surface area contributed by atoms with Crippen LogP contribution in [0.25, 0.3) is 0 Å². The summed E-state index contributed by atoms with van der Waals surface area (Å²) >= 11 is 0. The van der Waals surface area contributed by atoms with Crippen LogP contribution in [0.3, 0.4) is 0 Å². The van der Waals surface area contributed by atoms with Crippen LogP contribution in [0.4, 0.5) is 16.2 Å². The molecule has 0 aliphatic rings. The molecule has 0 unspecified atom stereocenters. The van der Waals surface area contributed by atoms with Gasteiger partial charge in [-0.2, -0.15) is 4.98 Å². The third-order valence-electron chi connectivity index (χ3n) is 3.35. The van der Waals surface area contributed by atoms with Gasteiger partial charge in [0.15, 0.2) is 0 Å². The normalized spacial score (nSPS) is 11.4. The molecule has 0 amide bonds. The molecule has 1 heterocycles. The van der Waals surface area contributed by atoms with Crippen molar-refractivity contribution in [1.82, 2.24) is 14.7 Å². The molecule has 0 spiro atoms. The summed E-state index contributed by atoms with van der Waals surface area (Å²) in [6.07, 6.45) is 0. The molecule has 136 valence electrons. The van der Waals surface area contributed by atoms with Gasteiger partial charge in [-0.05, 0) is 38.5 Å².